The molecule has 0 fully saturated rings. The lowest BCUT2D eigenvalue weighted by molar-refractivity contribution is 0.488. The van der Waals surface area contributed by atoms with Crippen LogP contribution in [-0.2, 0) is 0 Å². The number of benzene rings is 8. The molecule has 12 rings (SSSR count). The van der Waals surface area contributed by atoms with Gasteiger partial charge in [-0.25, -0.2) is 0 Å². The Hall–Kier alpha value is -6.43. The van der Waals surface area contributed by atoms with E-state index in [0.717, 1.165) is 9.13 Å². The molecule has 0 aliphatic carbocycles. The van der Waals surface area contributed by atoms with Gasteiger partial charge in [0.15, 0.2) is 0 Å². The van der Waals surface area contributed by atoms with Gasteiger partial charge in [0, 0.05) is 37.7 Å². The minimum absolute atomic E-state index is 0.293. The maximum Gasteiger partial charge on any atom is 0.289 e. The number of nitrogens with zero attached hydrogens (tertiary/aromatic N) is 2. The van der Waals surface area contributed by atoms with Crippen molar-refractivity contribution in [1.29, 1.82) is 0 Å². The number of para-hydroxylation sites is 5. The van der Waals surface area contributed by atoms with Crippen LogP contribution < -0.4 is 15.7 Å². The lowest BCUT2D eigenvalue weighted by Gasteiger charge is -2.33. The van der Waals surface area contributed by atoms with Gasteiger partial charge in [0.1, 0.15) is 11.5 Å². The van der Waals surface area contributed by atoms with E-state index in [4.69, 9.17) is 29.4 Å². The summed E-state index contributed by atoms with van der Waals surface area (Å²) < 4.78 is 272. The van der Waals surface area contributed by atoms with E-state index in [1.165, 1.54) is 0 Å². The third-order valence-electron chi connectivity index (χ3n) is 9.09. The summed E-state index contributed by atoms with van der Waals surface area (Å²) in [6.07, 6.45) is 0. The summed E-state index contributed by atoms with van der Waals surface area (Å²) in [5.74, 6) is -2.94. The minimum Gasteiger partial charge on any atom is -0.458 e. The molecule has 0 amide bonds. The first kappa shape index (κ1) is 12.9. The first-order chi connectivity index (χ1) is 38.4. The molecule has 2 aromatic heterocycles. The number of rotatable bonds is 3. The Bertz CT molecular complexity index is 4670. The molecule has 0 saturated carbocycles. The van der Waals surface area contributed by atoms with Crippen LogP contribution in [0.25, 0.3) is 77.2 Å². The average molecular weight is 722 g/mol. The highest BCUT2D eigenvalue weighted by Gasteiger charge is 2.39. The molecular formula is C48H29BN2OS. The van der Waals surface area contributed by atoms with Gasteiger partial charge < -0.3 is 13.9 Å². The zero-order valence-corrected chi connectivity index (χ0v) is 27.1. The summed E-state index contributed by atoms with van der Waals surface area (Å²) in [6.45, 7) is 0. The van der Waals surface area contributed by atoms with Crippen LogP contribution in [0.3, 0.4) is 0 Å². The number of hydrogen-bond donors (Lipinski definition) is 0. The Morgan fingerprint density at radius 1 is 0.472 bits per heavy atom. The molecule has 0 N–H and O–H groups in total. The Morgan fingerprint density at radius 2 is 1.02 bits per heavy atom. The second-order valence-electron chi connectivity index (χ2n) is 11.8. The molecule has 10 aromatic rings. The number of ether oxygens (including phenoxy) is 1. The normalized spacial score (nSPS) is 20.6. The zero-order valence-electron chi connectivity index (χ0n) is 55.3. The maximum atomic E-state index is 10.2. The van der Waals surface area contributed by atoms with E-state index in [1.54, 1.807) is 0 Å². The smallest absolute Gasteiger partial charge is 0.289 e. The fraction of sp³-hybridized carbons (Fsp3) is 0. The molecule has 0 radical (unpaired) electrons. The number of aromatic nitrogens is 2. The summed E-state index contributed by atoms with van der Waals surface area (Å²) in [4.78, 5) is -0.313. The van der Waals surface area contributed by atoms with Crippen molar-refractivity contribution in [2.45, 2.75) is 4.90 Å². The SMILES string of the molecule is [2H]c1c([2H])c([2H])c2c(c1[2H])SB1c3c([2H])c(-n4c5c([2H])c([2H])c([2H])c([2H])c5c5c([2H])c([2H])c([2H])c([2H])c54)c([2H])c([2H])c3Oc3c([2H])c(-c4c([2H])c([2H])c([2H])c([2H])c4-n4c5c([2H])c([2H])c([2H])c([2H])c5c5c([2H])c([2H])c([2H])c([2H])c54)c([2H])c-2c31. The van der Waals surface area contributed by atoms with Gasteiger partial charge in [-0.2, -0.15) is 11.6 Å². The van der Waals surface area contributed by atoms with Gasteiger partial charge in [-0.05, 0) is 94.1 Å². The van der Waals surface area contributed by atoms with E-state index in [0.29, 0.717) is 11.6 Å². The van der Waals surface area contributed by atoms with E-state index in [-0.39, 0.29) is 10.4 Å². The topological polar surface area (TPSA) is 19.1 Å². The molecule has 3 nitrogen and oxygen atoms in total. The van der Waals surface area contributed by atoms with Crippen molar-refractivity contribution in [3.63, 3.8) is 0 Å². The average Bonchev–Trinajstić information content (AvgIpc) is 4.17. The molecule has 0 saturated heterocycles. The van der Waals surface area contributed by atoms with Crippen LogP contribution in [0.15, 0.2) is 180 Å². The quantitative estimate of drug-likeness (QED) is 0.169. The standard InChI is InChI=1S/C48H29BN2OS/c1-7-19-40(51-43-22-10-4-16-35(43)36-17-5-11-23-44(36)51)32(13-1)30-27-38-37-18-6-12-24-47(37)53-49-39-29-31(25-26-45(39)52-46(28-30)48(38)49)50-41-20-8-2-14-33(41)34-15-3-9-21-42(34)50/h1-29H/i1D,2D,3D,4D,5D,6D,7D,8D,9D,10D,11D,12D,13D,14D,15D,16D,17D,18D,19D,20D,21D,22D,23D,24D,25D,26D,27D,28D,29D. The van der Waals surface area contributed by atoms with Gasteiger partial charge in [-0.1, -0.05) is 109 Å². The lowest BCUT2D eigenvalue weighted by atomic mass is 9.57. The minimum atomic E-state index is -1.61. The molecule has 0 spiro atoms. The fourth-order valence-electron chi connectivity index (χ4n) is 6.94. The molecule has 5 heteroatoms. The molecule has 4 heterocycles. The lowest BCUT2D eigenvalue weighted by Crippen LogP contribution is -2.46. The molecular weight excluding hydrogens is 663 g/mol. The fourth-order valence-corrected chi connectivity index (χ4v) is 8.18. The third-order valence-corrected chi connectivity index (χ3v) is 10.3. The van der Waals surface area contributed by atoms with Crippen molar-refractivity contribution in [3.05, 3.63) is 175 Å². The highest BCUT2D eigenvalue weighted by atomic mass is 32.2. The Kier molecular flexibility index (Phi) is 2.69. The molecule has 53 heavy (non-hydrogen) atoms. The van der Waals surface area contributed by atoms with E-state index in [9.17, 15) is 15.1 Å². The van der Waals surface area contributed by atoms with Crippen molar-refractivity contribution in [1.82, 2.24) is 9.13 Å². The van der Waals surface area contributed by atoms with Gasteiger partial charge in [0.25, 0.3) is 5.99 Å². The van der Waals surface area contributed by atoms with Crippen molar-refractivity contribution in [2.75, 3.05) is 0 Å². The van der Waals surface area contributed by atoms with Crippen LogP contribution >= 0.6 is 11.6 Å². The van der Waals surface area contributed by atoms with E-state index in [2.05, 4.69) is 0 Å². The molecule has 0 atom stereocenters. The molecule has 0 unspecified atom stereocenters. The first-order valence-corrected chi connectivity index (χ1v) is 16.6. The molecule has 246 valence electrons. The molecule has 0 bridgehead atoms. The summed E-state index contributed by atoms with van der Waals surface area (Å²) >= 11 is 0.633. The highest BCUT2D eigenvalue weighted by Crippen LogP contribution is 2.46. The van der Waals surface area contributed by atoms with Gasteiger partial charge in [-0.3, -0.25) is 0 Å². The van der Waals surface area contributed by atoms with Crippen molar-refractivity contribution in [3.8, 4) is 45.1 Å². The van der Waals surface area contributed by atoms with Crippen LogP contribution in [0.1, 0.15) is 39.8 Å². The monoisotopic (exact) mass is 721 g/mol. The van der Waals surface area contributed by atoms with Gasteiger partial charge >= 0.3 is 0 Å². The Labute approximate surface area is 351 Å². The summed E-state index contributed by atoms with van der Waals surface area (Å²) in [7, 11) is 0. The van der Waals surface area contributed by atoms with Crippen LogP contribution in [-0.4, -0.2) is 15.1 Å². The predicted molar refractivity (Wildman–Crippen MR) is 223 cm³/mol. The summed E-state index contributed by atoms with van der Waals surface area (Å²) in [6, 6.07) is -24.9. The predicted octanol–water partition coefficient (Wildman–Crippen LogP) is 11.5. The van der Waals surface area contributed by atoms with Crippen molar-refractivity contribution < 1.29 is 44.5 Å². The maximum absolute atomic E-state index is 10.2. The van der Waals surface area contributed by atoms with E-state index in [1.807, 2.05) is 0 Å². The van der Waals surface area contributed by atoms with Gasteiger partial charge in [0.05, 0.1) is 67.5 Å². The zero-order chi connectivity index (χ0) is 59.9. The van der Waals surface area contributed by atoms with Crippen molar-refractivity contribution in [2.24, 2.45) is 0 Å². The molecule has 2 aliphatic heterocycles. The van der Waals surface area contributed by atoms with Crippen LogP contribution in [0.4, 0.5) is 0 Å². The Balaban J connectivity index is 1.26. The molecule has 8 aromatic carbocycles. The van der Waals surface area contributed by atoms with Gasteiger partial charge in [-0.15, -0.1) is 0 Å². The second-order valence-corrected chi connectivity index (χ2v) is 12.9. The first-order valence-electron chi connectivity index (χ1n) is 30.3. The van der Waals surface area contributed by atoms with E-state index < -0.39 is 275 Å². The summed E-state index contributed by atoms with van der Waals surface area (Å²) in [5, 5.41) is -1.87. The number of fused-ring (bicyclic) bond motifs is 10. The van der Waals surface area contributed by atoms with Crippen LogP contribution in [0.2, 0.25) is 0 Å². The van der Waals surface area contributed by atoms with Gasteiger partial charge in [0.2, 0.25) is 0 Å². The van der Waals surface area contributed by atoms with Crippen LogP contribution in [0.5, 0.6) is 11.5 Å². The second kappa shape index (κ2) is 11.0. The largest absolute Gasteiger partial charge is 0.458 e. The Morgan fingerprint density at radius 3 is 1.68 bits per heavy atom. The number of hydrogen-bond acceptors (Lipinski definition) is 2. The van der Waals surface area contributed by atoms with Crippen molar-refractivity contribution >= 4 is 72.1 Å². The highest BCUT2D eigenvalue weighted by molar-refractivity contribution is 8.28. The third kappa shape index (κ3) is 4.14. The summed E-state index contributed by atoms with van der Waals surface area (Å²) in [5.41, 5.74) is -7.03. The van der Waals surface area contributed by atoms with E-state index >= 15 is 0 Å². The molecule has 2 aliphatic rings. The van der Waals surface area contributed by atoms with Crippen LogP contribution in [0, 0.1) is 0 Å².